The van der Waals surface area contributed by atoms with Gasteiger partial charge in [0.05, 0.1) is 16.6 Å². The molecule has 0 radical (unpaired) electrons. The van der Waals surface area contributed by atoms with Gasteiger partial charge < -0.3 is 15.6 Å². The van der Waals surface area contributed by atoms with Crippen molar-refractivity contribution in [1.82, 2.24) is 15.5 Å². The molecule has 0 aliphatic heterocycles. The van der Waals surface area contributed by atoms with Gasteiger partial charge in [0.25, 0.3) is 11.6 Å². The van der Waals surface area contributed by atoms with Crippen molar-refractivity contribution >= 4 is 17.0 Å². The fourth-order valence-electron chi connectivity index (χ4n) is 2.31. The van der Waals surface area contributed by atoms with Gasteiger partial charge in [-0.15, -0.1) is 0 Å². The highest BCUT2D eigenvalue weighted by Gasteiger charge is 2.29. The smallest absolute Gasteiger partial charge is 0.259 e. The predicted octanol–water partition coefficient (Wildman–Crippen LogP) is 1.88. The van der Waals surface area contributed by atoms with E-state index in [1.807, 2.05) is 26.8 Å². The molecule has 1 saturated carbocycles. The number of nitrogens with one attached hydrogen (secondary N) is 1. The molecule has 1 fully saturated rings. The normalized spacial score (nSPS) is 15.4. The summed E-state index contributed by atoms with van der Waals surface area (Å²) in [5, 5.41) is 7.58. The first-order chi connectivity index (χ1) is 9.91. The topological polar surface area (TPSA) is 94.0 Å². The number of fused-ring (bicyclic) bond motifs is 1. The summed E-state index contributed by atoms with van der Waals surface area (Å²) in [5.74, 6) is 0.278. The fourth-order valence-corrected chi connectivity index (χ4v) is 2.31. The number of rotatable bonds is 4. The SMILES string of the molecule is Cc1noc2nc(C3CC3)cc(C(=O)NC(C)(C)CN)c12. The van der Waals surface area contributed by atoms with E-state index < -0.39 is 5.54 Å². The van der Waals surface area contributed by atoms with Crippen LogP contribution in [-0.4, -0.2) is 28.1 Å². The number of carbonyl (C=O) groups excluding carboxylic acids is 1. The van der Waals surface area contributed by atoms with Gasteiger partial charge in [-0.05, 0) is 39.7 Å². The second-order valence-electron chi connectivity index (χ2n) is 6.36. The number of hydrogen-bond acceptors (Lipinski definition) is 5. The first-order valence-electron chi connectivity index (χ1n) is 7.21. The third kappa shape index (κ3) is 2.63. The highest BCUT2D eigenvalue weighted by atomic mass is 16.5. The van der Waals surface area contributed by atoms with E-state index >= 15 is 0 Å². The molecule has 0 unspecified atom stereocenters. The van der Waals surface area contributed by atoms with Crippen molar-refractivity contribution in [3.8, 4) is 0 Å². The molecule has 6 nitrogen and oxygen atoms in total. The molecule has 0 saturated heterocycles. The van der Waals surface area contributed by atoms with Crippen LogP contribution in [0, 0.1) is 6.92 Å². The minimum absolute atomic E-state index is 0.161. The van der Waals surface area contributed by atoms with E-state index in [0.717, 1.165) is 18.5 Å². The molecule has 1 aliphatic rings. The molecule has 0 spiro atoms. The Bertz CT molecular complexity index is 701. The van der Waals surface area contributed by atoms with E-state index in [1.54, 1.807) is 0 Å². The van der Waals surface area contributed by atoms with E-state index in [-0.39, 0.29) is 5.91 Å². The van der Waals surface area contributed by atoms with Crippen LogP contribution in [0.15, 0.2) is 10.6 Å². The van der Waals surface area contributed by atoms with Crippen LogP contribution in [0.3, 0.4) is 0 Å². The van der Waals surface area contributed by atoms with Gasteiger partial charge in [0, 0.05) is 23.7 Å². The summed E-state index contributed by atoms with van der Waals surface area (Å²) in [6, 6.07) is 1.87. The lowest BCUT2D eigenvalue weighted by atomic mass is 10.0. The van der Waals surface area contributed by atoms with Gasteiger partial charge in [-0.1, -0.05) is 5.16 Å². The van der Waals surface area contributed by atoms with Gasteiger partial charge in [0.2, 0.25) is 0 Å². The maximum Gasteiger partial charge on any atom is 0.259 e. The van der Waals surface area contributed by atoms with Gasteiger partial charge in [0.15, 0.2) is 0 Å². The zero-order valence-electron chi connectivity index (χ0n) is 12.6. The van der Waals surface area contributed by atoms with Gasteiger partial charge in [-0.25, -0.2) is 4.98 Å². The highest BCUT2D eigenvalue weighted by Crippen LogP contribution is 2.40. The summed E-state index contributed by atoms with van der Waals surface area (Å²) in [7, 11) is 0. The first-order valence-corrected chi connectivity index (χ1v) is 7.21. The van der Waals surface area contributed by atoms with Crippen molar-refractivity contribution in [2.24, 2.45) is 5.73 Å². The Morgan fingerprint density at radius 3 is 2.86 bits per heavy atom. The zero-order chi connectivity index (χ0) is 15.2. The lowest BCUT2D eigenvalue weighted by molar-refractivity contribution is 0.0917. The second-order valence-corrected chi connectivity index (χ2v) is 6.36. The molecule has 2 aromatic rings. The quantitative estimate of drug-likeness (QED) is 0.895. The van der Waals surface area contributed by atoms with Gasteiger partial charge >= 0.3 is 0 Å². The number of pyridine rings is 1. The summed E-state index contributed by atoms with van der Waals surface area (Å²) in [4.78, 5) is 17.1. The van der Waals surface area contributed by atoms with E-state index in [9.17, 15) is 4.79 Å². The average molecular weight is 288 g/mol. The molecular weight excluding hydrogens is 268 g/mol. The van der Waals surface area contributed by atoms with Crippen LogP contribution in [0.25, 0.3) is 11.1 Å². The van der Waals surface area contributed by atoms with E-state index in [0.29, 0.717) is 34.8 Å². The molecule has 0 aromatic carbocycles. The van der Waals surface area contributed by atoms with E-state index in [4.69, 9.17) is 10.3 Å². The predicted molar refractivity (Wildman–Crippen MR) is 79.1 cm³/mol. The number of nitrogens with two attached hydrogens (primary N) is 1. The monoisotopic (exact) mass is 288 g/mol. The summed E-state index contributed by atoms with van der Waals surface area (Å²) in [6.45, 7) is 5.97. The largest absolute Gasteiger partial charge is 0.346 e. The van der Waals surface area contributed by atoms with Crippen LogP contribution >= 0.6 is 0 Å². The van der Waals surface area contributed by atoms with Gasteiger partial charge in [-0.2, -0.15) is 0 Å². The Kier molecular flexibility index (Phi) is 3.20. The molecule has 2 aromatic heterocycles. The van der Waals surface area contributed by atoms with E-state index in [2.05, 4.69) is 15.5 Å². The van der Waals surface area contributed by atoms with Crippen molar-refractivity contribution in [3.05, 3.63) is 23.0 Å². The van der Waals surface area contributed by atoms with Crippen molar-refractivity contribution in [1.29, 1.82) is 0 Å². The van der Waals surface area contributed by atoms with E-state index in [1.165, 1.54) is 0 Å². The van der Waals surface area contributed by atoms with Gasteiger partial charge in [-0.3, -0.25) is 4.79 Å². The summed E-state index contributed by atoms with van der Waals surface area (Å²) in [5.41, 5.74) is 7.82. The standard InChI is InChI=1S/C15H20N4O2/c1-8-12-10(13(20)18-15(2,3)7-16)6-11(9-4-5-9)17-14(12)21-19-8/h6,9H,4-5,7,16H2,1-3H3,(H,18,20). The Balaban J connectivity index is 2.06. The molecule has 21 heavy (non-hydrogen) atoms. The Morgan fingerprint density at radius 1 is 1.52 bits per heavy atom. The molecule has 1 amide bonds. The van der Waals surface area contributed by atoms with Crippen molar-refractivity contribution < 1.29 is 9.32 Å². The zero-order valence-corrected chi connectivity index (χ0v) is 12.6. The molecule has 3 N–H and O–H groups in total. The van der Waals surface area contributed by atoms with Crippen molar-refractivity contribution in [2.75, 3.05) is 6.54 Å². The van der Waals surface area contributed by atoms with Crippen LogP contribution in [-0.2, 0) is 0 Å². The maximum atomic E-state index is 12.6. The molecule has 1 aliphatic carbocycles. The fraction of sp³-hybridized carbons (Fsp3) is 0.533. The van der Waals surface area contributed by atoms with Crippen LogP contribution in [0.4, 0.5) is 0 Å². The lowest BCUT2D eigenvalue weighted by Crippen LogP contribution is -2.48. The van der Waals surface area contributed by atoms with Crippen LogP contribution < -0.4 is 11.1 Å². The Hall–Kier alpha value is -1.95. The third-order valence-electron chi connectivity index (χ3n) is 3.84. The molecule has 112 valence electrons. The maximum absolute atomic E-state index is 12.6. The van der Waals surface area contributed by atoms with Gasteiger partial charge in [0.1, 0.15) is 0 Å². The van der Waals surface area contributed by atoms with Crippen LogP contribution in [0.2, 0.25) is 0 Å². The Labute approximate surface area is 123 Å². The van der Waals surface area contributed by atoms with Crippen molar-refractivity contribution in [2.45, 2.75) is 45.1 Å². The number of carbonyl (C=O) groups is 1. The minimum Gasteiger partial charge on any atom is -0.346 e. The summed E-state index contributed by atoms with van der Waals surface area (Å²) < 4.78 is 5.25. The van der Waals surface area contributed by atoms with Crippen molar-refractivity contribution in [3.63, 3.8) is 0 Å². The summed E-state index contributed by atoms with van der Waals surface area (Å²) >= 11 is 0. The Morgan fingerprint density at radius 2 is 2.24 bits per heavy atom. The number of aryl methyl sites for hydroxylation is 1. The number of aromatic nitrogens is 2. The number of amides is 1. The molecule has 0 bridgehead atoms. The second kappa shape index (κ2) is 4.80. The molecule has 6 heteroatoms. The number of hydrogen-bond donors (Lipinski definition) is 2. The minimum atomic E-state index is -0.461. The van der Waals surface area contributed by atoms with Crippen LogP contribution in [0.5, 0.6) is 0 Å². The molecule has 2 heterocycles. The lowest BCUT2D eigenvalue weighted by Gasteiger charge is -2.24. The third-order valence-corrected chi connectivity index (χ3v) is 3.84. The summed E-state index contributed by atoms with van der Waals surface area (Å²) in [6.07, 6.45) is 2.22. The first kappa shape index (κ1) is 14.0. The highest BCUT2D eigenvalue weighted by molar-refractivity contribution is 6.06. The number of nitrogens with zero attached hydrogens (tertiary/aromatic N) is 2. The molecule has 3 rings (SSSR count). The average Bonchev–Trinajstić information content (AvgIpc) is 3.22. The molecular formula is C15H20N4O2. The molecule has 0 atom stereocenters. The van der Waals surface area contributed by atoms with Crippen LogP contribution in [0.1, 0.15) is 54.4 Å².